The summed E-state index contributed by atoms with van der Waals surface area (Å²) in [5, 5.41) is 9.93. The van der Waals surface area contributed by atoms with Gasteiger partial charge in [0.15, 0.2) is 0 Å². The van der Waals surface area contributed by atoms with Crippen LogP contribution in [0.3, 0.4) is 0 Å². The Balaban J connectivity index is 1.90. The fourth-order valence-electron chi connectivity index (χ4n) is 2.76. The fraction of sp³-hybridized carbons (Fsp3) is 0.923. The van der Waals surface area contributed by atoms with Crippen LogP contribution in [0.2, 0.25) is 0 Å². The number of hydrogen-bond acceptors (Lipinski definition) is 3. The summed E-state index contributed by atoms with van der Waals surface area (Å²) in [6.07, 6.45) is 4.43. The van der Waals surface area contributed by atoms with Gasteiger partial charge in [-0.3, -0.25) is 4.79 Å². The lowest BCUT2D eigenvalue weighted by Crippen LogP contribution is -2.61. The smallest absolute Gasteiger partial charge is 0.240 e. The van der Waals surface area contributed by atoms with E-state index >= 15 is 0 Å². The molecule has 2 aliphatic rings. The molecule has 2 heterocycles. The first-order chi connectivity index (χ1) is 8.12. The highest BCUT2D eigenvalue weighted by molar-refractivity contribution is 5.86. The van der Waals surface area contributed by atoms with Crippen molar-refractivity contribution in [3.63, 3.8) is 0 Å². The molecule has 4 heteroatoms. The maximum atomic E-state index is 12.3. The van der Waals surface area contributed by atoms with E-state index < -0.39 is 0 Å². The van der Waals surface area contributed by atoms with Crippen LogP contribution in [0.15, 0.2) is 0 Å². The number of rotatable bonds is 2. The largest absolute Gasteiger partial charge is 0.350 e. The topological polar surface area (TPSA) is 53.2 Å². The van der Waals surface area contributed by atoms with Gasteiger partial charge in [-0.25, -0.2) is 0 Å². The molecule has 0 aliphatic carbocycles. The third-order valence-corrected chi connectivity index (χ3v) is 4.26. The highest BCUT2D eigenvalue weighted by Crippen LogP contribution is 2.20. The summed E-state index contributed by atoms with van der Waals surface area (Å²) in [6, 6.07) is 0.289. The van der Waals surface area contributed by atoms with Crippen molar-refractivity contribution in [2.75, 3.05) is 19.6 Å². The molecule has 2 fully saturated rings. The minimum absolute atomic E-state index is 0.178. The second-order valence-electron chi connectivity index (χ2n) is 5.77. The van der Waals surface area contributed by atoms with Crippen molar-refractivity contribution in [3.8, 4) is 0 Å². The zero-order valence-corrected chi connectivity index (χ0v) is 11.0. The molecule has 2 saturated heterocycles. The van der Waals surface area contributed by atoms with Crippen molar-refractivity contribution < 1.29 is 4.79 Å². The van der Waals surface area contributed by atoms with Gasteiger partial charge in [-0.2, -0.15) is 0 Å². The van der Waals surface area contributed by atoms with Gasteiger partial charge in [0.25, 0.3) is 0 Å². The molecule has 17 heavy (non-hydrogen) atoms. The van der Waals surface area contributed by atoms with E-state index in [1.165, 1.54) is 6.42 Å². The molecule has 0 spiro atoms. The van der Waals surface area contributed by atoms with E-state index in [0.717, 1.165) is 38.9 Å². The van der Waals surface area contributed by atoms with Gasteiger partial charge < -0.3 is 16.0 Å². The van der Waals surface area contributed by atoms with Gasteiger partial charge in [0.05, 0.1) is 5.54 Å². The predicted molar refractivity (Wildman–Crippen MR) is 68.8 cm³/mol. The number of carbonyl (C=O) groups excluding carboxylic acids is 1. The monoisotopic (exact) mass is 239 g/mol. The number of carbonyl (C=O) groups is 1. The van der Waals surface area contributed by atoms with Crippen LogP contribution in [0.4, 0.5) is 0 Å². The Bertz CT molecular complexity index is 274. The van der Waals surface area contributed by atoms with Crippen molar-refractivity contribution >= 4 is 5.91 Å². The van der Waals surface area contributed by atoms with Crippen molar-refractivity contribution in [2.24, 2.45) is 5.92 Å². The molecule has 0 radical (unpaired) electrons. The summed E-state index contributed by atoms with van der Waals surface area (Å²) in [4.78, 5) is 12.3. The van der Waals surface area contributed by atoms with Gasteiger partial charge in [0.1, 0.15) is 0 Å². The second-order valence-corrected chi connectivity index (χ2v) is 5.77. The van der Waals surface area contributed by atoms with E-state index in [4.69, 9.17) is 0 Å². The molecular formula is C13H25N3O. The Morgan fingerprint density at radius 2 is 2.18 bits per heavy atom. The van der Waals surface area contributed by atoms with Crippen LogP contribution in [-0.2, 0) is 4.79 Å². The van der Waals surface area contributed by atoms with E-state index in [2.05, 4.69) is 22.9 Å². The molecule has 1 amide bonds. The molecule has 3 N–H and O–H groups in total. The highest BCUT2D eigenvalue weighted by Gasteiger charge is 2.36. The summed E-state index contributed by atoms with van der Waals surface area (Å²) in [5.41, 5.74) is -0.352. The number of piperidine rings is 2. The minimum Gasteiger partial charge on any atom is -0.350 e. The van der Waals surface area contributed by atoms with E-state index in [1.54, 1.807) is 0 Å². The fourth-order valence-corrected chi connectivity index (χ4v) is 2.76. The van der Waals surface area contributed by atoms with Crippen molar-refractivity contribution in [2.45, 2.75) is 51.1 Å². The van der Waals surface area contributed by atoms with Crippen LogP contribution in [0.5, 0.6) is 0 Å². The first-order valence-corrected chi connectivity index (χ1v) is 6.88. The average molecular weight is 239 g/mol. The van der Waals surface area contributed by atoms with Gasteiger partial charge in [-0.15, -0.1) is 0 Å². The molecule has 2 aliphatic heterocycles. The van der Waals surface area contributed by atoms with E-state index in [1.807, 2.05) is 6.92 Å². The molecule has 0 aromatic rings. The Hall–Kier alpha value is -0.610. The van der Waals surface area contributed by atoms with Gasteiger partial charge in [-0.1, -0.05) is 6.92 Å². The lowest BCUT2D eigenvalue weighted by molar-refractivity contribution is -0.129. The molecule has 3 unspecified atom stereocenters. The Kier molecular flexibility index (Phi) is 4.05. The van der Waals surface area contributed by atoms with Crippen molar-refractivity contribution in [1.29, 1.82) is 0 Å². The average Bonchev–Trinajstić information content (AvgIpc) is 2.33. The lowest BCUT2D eigenvalue weighted by Gasteiger charge is -2.37. The quantitative estimate of drug-likeness (QED) is 0.662. The molecule has 2 rings (SSSR count). The zero-order chi connectivity index (χ0) is 12.3. The van der Waals surface area contributed by atoms with Crippen LogP contribution in [0.1, 0.15) is 39.5 Å². The molecule has 4 nitrogen and oxygen atoms in total. The third-order valence-electron chi connectivity index (χ3n) is 4.26. The first kappa shape index (κ1) is 12.8. The van der Waals surface area contributed by atoms with E-state index in [0.29, 0.717) is 5.92 Å². The van der Waals surface area contributed by atoms with E-state index in [-0.39, 0.29) is 17.5 Å². The lowest BCUT2D eigenvalue weighted by atomic mass is 9.88. The van der Waals surface area contributed by atoms with Gasteiger partial charge in [-0.05, 0) is 51.6 Å². The normalized spacial score (nSPS) is 38.7. The molecule has 0 saturated carbocycles. The van der Waals surface area contributed by atoms with Gasteiger partial charge >= 0.3 is 0 Å². The van der Waals surface area contributed by atoms with Crippen molar-refractivity contribution in [1.82, 2.24) is 16.0 Å². The van der Waals surface area contributed by atoms with Crippen LogP contribution >= 0.6 is 0 Å². The summed E-state index contributed by atoms with van der Waals surface area (Å²) < 4.78 is 0. The maximum Gasteiger partial charge on any atom is 0.240 e. The van der Waals surface area contributed by atoms with Crippen LogP contribution < -0.4 is 16.0 Å². The Morgan fingerprint density at radius 3 is 2.82 bits per heavy atom. The zero-order valence-electron chi connectivity index (χ0n) is 11.0. The number of amides is 1. The van der Waals surface area contributed by atoms with Crippen molar-refractivity contribution in [3.05, 3.63) is 0 Å². The molecule has 0 aromatic heterocycles. The number of hydrogen-bond donors (Lipinski definition) is 3. The summed E-state index contributed by atoms with van der Waals surface area (Å²) >= 11 is 0. The summed E-state index contributed by atoms with van der Waals surface area (Å²) in [6.45, 7) is 7.19. The van der Waals surface area contributed by atoms with E-state index in [9.17, 15) is 4.79 Å². The Morgan fingerprint density at radius 1 is 1.35 bits per heavy atom. The molecular weight excluding hydrogens is 214 g/mol. The Labute approximate surface area is 104 Å². The second kappa shape index (κ2) is 5.36. The SMILES string of the molecule is CC1CCNCC1NC(=O)C1(C)CCCCN1. The molecule has 0 aromatic carbocycles. The van der Waals surface area contributed by atoms with Crippen LogP contribution in [-0.4, -0.2) is 37.1 Å². The van der Waals surface area contributed by atoms with Gasteiger partial charge in [0.2, 0.25) is 5.91 Å². The summed E-state index contributed by atoms with van der Waals surface area (Å²) in [7, 11) is 0. The highest BCUT2D eigenvalue weighted by atomic mass is 16.2. The van der Waals surface area contributed by atoms with Crippen LogP contribution in [0.25, 0.3) is 0 Å². The molecule has 98 valence electrons. The molecule has 3 atom stereocenters. The first-order valence-electron chi connectivity index (χ1n) is 6.88. The maximum absolute atomic E-state index is 12.3. The predicted octanol–water partition coefficient (Wildman–Crippen LogP) is 0.633. The molecule has 0 bridgehead atoms. The van der Waals surface area contributed by atoms with Crippen LogP contribution in [0, 0.1) is 5.92 Å². The van der Waals surface area contributed by atoms with Gasteiger partial charge in [0, 0.05) is 12.6 Å². The third kappa shape index (κ3) is 2.99. The summed E-state index contributed by atoms with van der Waals surface area (Å²) in [5.74, 6) is 0.755. The standard InChI is InChI=1S/C13H25N3O/c1-10-5-8-14-9-11(10)16-12(17)13(2)6-3-4-7-15-13/h10-11,14-15H,3-9H2,1-2H3,(H,16,17). The minimum atomic E-state index is -0.352. The number of nitrogens with one attached hydrogen (secondary N) is 3.